The number of nitrogens with one attached hydrogen (secondary N) is 1. The number of aromatic nitrogens is 1. The summed E-state index contributed by atoms with van der Waals surface area (Å²) in [6.45, 7) is 0. The molecular formula is C18H15N3O2. The zero-order valence-corrected chi connectivity index (χ0v) is 12.3. The van der Waals surface area contributed by atoms with E-state index in [4.69, 9.17) is 0 Å². The molecule has 1 aromatic carbocycles. The zero-order valence-electron chi connectivity index (χ0n) is 12.3. The van der Waals surface area contributed by atoms with Gasteiger partial charge in [-0.05, 0) is 24.3 Å². The Morgan fingerprint density at radius 3 is 2.52 bits per heavy atom. The van der Waals surface area contributed by atoms with Crippen molar-refractivity contribution in [3.63, 3.8) is 0 Å². The Kier molecular flexibility index (Phi) is 2.46. The number of H-pyrrole nitrogens is 1. The lowest BCUT2D eigenvalue weighted by Gasteiger charge is -2.13. The van der Waals surface area contributed by atoms with Crippen molar-refractivity contribution >= 4 is 28.9 Å². The molecule has 1 saturated carbocycles. The second-order valence-electron chi connectivity index (χ2n) is 6.52. The minimum absolute atomic E-state index is 0.145. The lowest BCUT2D eigenvalue weighted by Crippen LogP contribution is -2.28. The summed E-state index contributed by atoms with van der Waals surface area (Å²) in [5.41, 5.74) is 1.88. The van der Waals surface area contributed by atoms with Gasteiger partial charge in [0.1, 0.15) is 0 Å². The molecule has 2 fully saturated rings. The maximum atomic E-state index is 12.6. The summed E-state index contributed by atoms with van der Waals surface area (Å²) in [7, 11) is 0. The van der Waals surface area contributed by atoms with Crippen LogP contribution in [-0.2, 0) is 9.59 Å². The smallest absolute Gasteiger partial charge is 0.254 e. The lowest BCUT2D eigenvalue weighted by atomic mass is 9.85. The molecule has 5 rings (SSSR count). The first-order chi connectivity index (χ1) is 11.2. The summed E-state index contributed by atoms with van der Waals surface area (Å²) < 4.78 is 0. The molecule has 0 spiro atoms. The normalized spacial score (nSPS) is 31.9. The van der Waals surface area contributed by atoms with E-state index in [2.05, 4.69) is 22.2 Å². The van der Waals surface area contributed by atoms with Crippen LogP contribution in [0.5, 0.6) is 0 Å². The van der Waals surface area contributed by atoms with Crippen LogP contribution in [0.15, 0.2) is 47.7 Å². The van der Waals surface area contributed by atoms with Crippen LogP contribution in [0.4, 0.5) is 0 Å². The number of hydrazone groups is 1. The average Bonchev–Trinajstić information content (AvgIpc) is 3.31. The minimum Gasteiger partial charge on any atom is -0.361 e. The monoisotopic (exact) mass is 305 g/mol. The number of carbonyl (C=O) groups is 2. The predicted octanol–water partition coefficient (Wildman–Crippen LogP) is 2.31. The van der Waals surface area contributed by atoms with E-state index in [0.717, 1.165) is 27.9 Å². The van der Waals surface area contributed by atoms with Crippen LogP contribution in [0.2, 0.25) is 0 Å². The van der Waals surface area contributed by atoms with Crippen molar-refractivity contribution in [2.45, 2.75) is 6.42 Å². The molecule has 2 amide bonds. The molecule has 114 valence electrons. The molecule has 1 aromatic heterocycles. The summed E-state index contributed by atoms with van der Waals surface area (Å²) in [6, 6.07) is 7.87. The van der Waals surface area contributed by atoms with Gasteiger partial charge in [0.2, 0.25) is 0 Å². The maximum Gasteiger partial charge on any atom is 0.254 e. The number of allylic oxidation sites excluding steroid dienone is 2. The van der Waals surface area contributed by atoms with Crippen molar-refractivity contribution in [1.29, 1.82) is 0 Å². The Balaban J connectivity index is 1.47. The topological polar surface area (TPSA) is 65.5 Å². The molecule has 1 saturated heterocycles. The quantitative estimate of drug-likeness (QED) is 0.525. The molecule has 1 N–H and O–H groups in total. The second-order valence-corrected chi connectivity index (χ2v) is 6.52. The molecule has 0 radical (unpaired) electrons. The van der Waals surface area contributed by atoms with Crippen LogP contribution in [0.3, 0.4) is 0 Å². The van der Waals surface area contributed by atoms with E-state index < -0.39 is 0 Å². The van der Waals surface area contributed by atoms with Gasteiger partial charge in [-0.1, -0.05) is 30.4 Å². The number of amides is 2. The van der Waals surface area contributed by atoms with E-state index in [-0.39, 0.29) is 35.5 Å². The molecule has 2 bridgehead atoms. The average molecular weight is 305 g/mol. The van der Waals surface area contributed by atoms with Gasteiger partial charge in [0.05, 0.1) is 18.1 Å². The number of aromatic amines is 1. The molecule has 1 aliphatic heterocycles. The number of carbonyl (C=O) groups excluding carboxylic acids is 2. The van der Waals surface area contributed by atoms with E-state index >= 15 is 0 Å². The SMILES string of the molecule is O=C1[C@@H]2[C@H](C(=O)N1N=Cc1c[nH]c3ccccc13)[C@H]1C=C[C@H]2C1. The maximum absolute atomic E-state index is 12.6. The van der Waals surface area contributed by atoms with Crippen LogP contribution in [0.25, 0.3) is 10.9 Å². The first-order valence-electron chi connectivity index (χ1n) is 7.90. The van der Waals surface area contributed by atoms with Crippen molar-refractivity contribution in [2.75, 3.05) is 0 Å². The van der Waals surface area contributed by atoms with Gasteiger partial charge in [0, 0.05) is 22.7 Å². The highest BCUT2D eigenvalue weighted by molar-refractivity contribution is 6.07. The van der Waals surface area contributed by atoms with Crippen molar-refractivity contribution in [1.82, 2.24) is 9.99 Å². The Bertz CT molecular complexity index is 865. The summed E-state index contributed by atoms with van der Waals surface area (Å²) in [5.74, 6) is -0.249. The van der Waals surface area contributed by atoms with E-state index in [9.17, 15) is 9.59 Å². The summed E-state index contributed by atoms with van der Waals surface area (Å²) in [6.07, 6.45) is 8.55. The molecule has 23 heavy (non-hydrogen) atoms. The zero-order chi connectivity index (χ0) is 15.6. The van der Waals surface area contributed by atoms with Gasteiger partial charge in [-0.3, -0.25) is 9.59 Å². The van der Waals surface area contributed by atoms with Crippen LogP contribution < -0.4 is 0 Å². The number of para-hydroxylation sites is 1. The standard InChI is InChI=1S/C18H15N3O2/c22-17-15-10-5-6-11(7-10)16(15)18(23)21(17)20-9-12-8-19-14-4-2-1-3-13(12)14/h1-6,8-11,15-16,19H,7H2/t10-,11-,15-,16+/m0/s1. The highest BCUT2D eigenvalue weighted by atomic mass is 16.2. The Morgan fingerprint density at radius 2 is 1.78 bits per heavy atom. The fraction of sp³-hybridized carbons (Fsp3) is 0.278. The molecule has 5 nitrogen and oxygen atoms in total. The van der Waals surface area contributed by atoms with Gasteiger partial charge in [-0.15, -0.1) is 0 Å². The second kappa shape index (κ2) is 4.41. The Morgan fingerprint density at radius 1 is 1.09 bits per heavy atom. The third-order valence-electron chi connectivity index (χ3n) is 5.38. The van der Waals surface area contributed by atoms with Gasteiger partial charge in [-0.2, -0.15) is 10.1 Å². The highest BCUT2D eigenvalue weighted by Gasteiger charge is 2.59. The van der Waals surface area contributed by atoms with Crippen molar-refractivity contribution < 1.29 is 9.59 Å². The van der Waals surface area contributed by atoms with E-state index in [0.29, 0.717) is 0 Å². The van der Waals surface area contributed by atoms with Crippen LogP contribution in [-0.4, -0.2) is 28.0 Å². The van der Waals surface area contributed by atoms with E-state index in [1.807, 2.05) is 30.5 Å². The fourth-order valence-electron chi connectivity index (χ4n) is 4.32. The number of hydrogen-bond donors (Lipinski definition) is 1. The predicted molar refractivity (Wildman–Crippen MR) is 85.5 cm³/mol. The van der Waals surface area contributed by atoms with Crippen LogP contribution in [0, 0.1) is 23.7 Å². The first-order valence-corrected chi connectivity index (χ1v) is 7.90. The molecule has 4 atom stereocenters. The third-order valence-corrected chi connectivity index (χ3v) is 5.38. The largest absolute Gasteiger partial charge is 0.361 e. The van der Waals surface area contributed by atoms with Gasteiger partial charge < -0.3 is 4.98 Å². The minimum atomic E-state index is -0.197. The summed E-state index contributed by atoms with van der Waals surface area (Å²) in [4.78, 5) is 28.3. The van der Waals surface area contributed by atoms with E-state index in [1.165, 1.54) is 0 Å². The third kappa shape index (κ3) is 1.64. The van der Waals surface area contributed by atoms with Crippen LogP contribution >= 0.6 is 0 Å². The van der Waals surface area contributed by atoms with Crippen LogP contribution in [0.1, 0.15) is 12.0 Å². The number of rotatable bonds is 2. The molecule has 5 heteroatoms. The molecule has 2 aliphatic carbocycles. The molecule has 2 heterocycles. The Hall–Kier alpha value is -2.69. The van der Waals surface area contributed by atoms with Gasteiger partial charge in [-0.25, -0.2) is 0 Å². The number of imide groups is 1. The molecule has 2 aromatic rings. The van der Waals surface area contributed by atoms with Gasteiger partial charge in [0.15, 0.2) is 0 Å². The highest BCUT2D eigenvalue weighted by Crippen LogP contribution is 2.52. The first kappa shape index (κ1) is 12.8. The number of fused-ring (bicyclic) bond motifs is 6. The molecule has 0 unspecified atom stereocenters. The summed E-state index contributed by atoms with van der Waals surface area (Å²) in [5, 5.41) is 6.33. The van der Waals surface area contributed by atoms with E-state index in [1.54, 1.807) is 6.21 Å². The fourth-order valence-corrected chi connectivity index (χ4v) is 4.32. The van der Waals surface area contributed by atoms with Crippen molar-refractivity contribution in [3.8, 4) is 0 Å². The van der Waals surface area contributed by atoms with Gasteiger partial charge in [0.25, 0.3) is 11.8 Å². The molecular weight excluding hydrogens is 290 g/mol. The number of benzene rings is 1. The van der Waals surface area contributed by atoms with Gasteiger partial charge >= 0.3 is 0 Å². The summed E-state index contributed by atoms with van der Waals surface area (Å²) >= 11 is 0. The number of nitrogens with zero attached hydrogens (tertiary/aromatic N) is 2. The Labute approximate surface area is 132 Å². The molecule has 3 aliphatic rings. The lowest BCUT2D eigenvalue weighted by molar-refractivity contribution is -0.140. The van der Waals surface area contributed by atoms with Crippen molar-refractivity contribution in [3.05, 3.63) is 48.2 Å². The number of hydrogen-bond acceptors (Lipinski definition) is 3. The van der Waals surface area contributed by atoms with Crippen molar-refractivity contribution in [2.24, 2.45) is 28.8 Å².